The molecule has 5 rings (SSSR count). The van der Waals surface area contributed by atoms with E-state index in [0.29, 0.717) is 17.0 Å². The van der Waals surface area contributed by atoms with Crippen LogP contribution < -0.4 is 5.56 Å². The maximum absolute atomic E-state index is 13.4. The quantitative estimate of drug-likeness (QED) is 0.597. The molecule has 0 aliphatic carbocycles. The van der Waals surface area contributed by atoms with E-state index in [2.05, 4.69) is 0 Å². The van der Waals surface area contributed by atoms with Crippen LogP contribution in [0, 0.1) is 0 Å². The largest absolute Gasteiger partial charge is 0.460 e. The van der Waals surface area contributed by atoms with E-state index in [-0.39, 0.29) is 24.2 Å². The fourth-order valence-corrected chi connectivity index (χ4v) is 4.96. The van der Waals surface area contributed by atoms with E-state index < -0.39 is 5.92 Å². The normalized spacial score (nSPS) is 19.9. The molecule has 142 valence electrons. The lowest BCUT2D eigenvalue weighted by Crippen LogP contribution is -2.33. The van der Waals surface area contributed by atoms with Gasteiger partial charge in [-0.1, -0.05) is 43.6 Å². The Hall–Kier alpha value is -2.66. The molecule has 0 spiro atoms. The third-order valence-electron chi connectivity index (χ3n) is 5.94. The minimum atomic E-state index is -0.414. The molecule has 0 bridgehead atoms. The number of aromatic nitrogens is 2. The number of cyclic esters (lactones) is 1. The highest BCUT2D eigenvalue weighted by atomic mass is 35.5. The number of pyridine rings is 2. The monoisotopic (exact) mass is 394 g/mol. The first-order chi connectivity index (χ1) is 13.6. The lowest BCUT2D eigenvalue weighted by Gasteiger charge is -2.25. The van der Waals surface area contributed by atoms with E-state index in [9.17, 15) is 9.59 Å². The molecule has 5 nitrogen and oxygen atoms in total. The highest BCUT2D eigenvalue weighted by molar-refractivity contribution is 6.36. The topological polar surface area (TPSA) is 61.2 Å². The van der Waals surface area contributed by atoms with Crippen LogP contribution in [0.1, 0.15) is 55.3 Å². The number of carbonyl (C=O) groups is 1. The molecule has 0 radical (unpaired) electrons. The van der Waals surface area contributed by atoms with Gasteiger partial charge in [0.1, 0.15) is 6.61 Å². The summed E-state index contributed by atoms with van der Waals surface area (Å²) >= 11 is 6.81. The minimum absolute atomic E-state index is 0.0275. The molecule has 4 heterocycles. The second kappa shape index (κ2) is 6.17. The van der Waals surface area contributed by atoms with Crippen LogP contribution in [-0.2, 0) is 16.1 Å². The summed E-state index contributed by atoms with van der Waals surface area (Å²) in [7, 11) is 0. The maximum Gasteiger partial charge on any atom is 0.313 e. The van der Waals surface area contributed by atoms with Crippen LogP contribution in [0.4, 0.5) is 0 Å². The smallest absolute Gasteiger partial charge is 0.313 e. The number of halogens is 1. The average Bonchev–Trinajstić information content (AvgIpc) is 3.02. The van der Waals surface area contributed by atoms with E-state index in [4.69, 9.17) is 21.3 Å². The number of esters is 1. The first-order valence-corrected chi connectivity index (χ1v) is 9.98. The SMILES string of the molecule is CC[C@H]1C(=O)OCc2c1cc1n(c2=O)[C@@H](CC)c2c-1nc1ccccc1c2Cl. The van der Waals surface area contributed by atoms with Crippen LogP contribution in [0.3, 0.4) is 0 Å². The molecule has 3 aromatic rings. The first-order valence-electron chi connectivity index (χ1n) is 9.60. The van der Waals surface area contributed by atoms with Crippen molar-refractivity contribution in [2.75, 3.05) is 0 Å². The van der Waals surface area contributed by atoms with E-state index in [1.807, 2.05) is 44.2 Å². The Labute approximate surface area is 166 Å². The number of rotatable bonds is 2. The lowest BCUT2D eigenvalue weighted by atomic mass is 9.90. The van der Waals surface area contributed by atoms with Crippen molar-refractivity contribution in [2.45, 2.75) is 45.3 Å². The van der Waals surface area contributed by atoms with Gasteiger partial charge in [-0.15, -0.1) is 0 Å². The summed E-state index contributed by atoms with van der Waals surface area (Å²) in [5.74, 6) is -0.684. The molecule has 28 heavy (non-hydrogen) atoms. The predicted octanol–water partition coefficient (Wildman–Crippen LogP) is 4.58. The minimum Gasteiger partial charge on any atom is -0.460 e. The molecule has 1 aromatic carbocycles. The zero-order valence-electron chi connectivity index (χ0n) is 15.7. The van der Waals surface area contributed by atoms with Gasteiger partial charge < -0.3 is 4.74 Å². The Morgan fingerprint density at radius 3 is 2.75 bits per heavy atom. The van der Waals surface area contributed by atoms with E-state index in [1.54, 1.807) is 4.57 Å². The zero-order chi connectivity index (χ0) is 19.6. The molecule has 0 unspecified atom stereocenters. The predicted molar refractivity (Wildman–Crippen MR) is 108 cm³/mol. The first kappa shape index (κ1) is 17.4. The van der Waals surface area contributed by atoms with Gasteiger partial charge in [0, 0.05) is 10.9 Å². The summed E-state index contributed by atoms with van der Waals surface area (Å²) in [6.07, 6.45) is 1.31. The molecule has 0 N–H and O–H groups in total. The van der Waals surface area contributed by atoms with Gasteiger partial charge in [-0.05, 0) is 30.5 Å². The Morgan fingerprint density at radius 1 is 1.21 bits per heavy atom. The fourth-order valence-electron chi connectivity index (χ4n) is 4.59. The molecule has 2 atom stereocenters. The summed E-state index contributed by atoms with van der Waals surface area (Å²) < 4.78 is 7.07. The number of fused-ring (bicyclic) bond motifs is 5. The van der Waals surface area contributed by atoms with Crippen molar-refractivity contribution in [2.24, 2.45) is 0 Å². The van der Waals surface area contributed by atoms with Gasteiger partial charge in [0.05, 0.1) is 39.5 Å². The molecule has 0 saturated carbocycles. The van der Waals surface area contributed by atoms with Crippen molar-refractivity contribution in [3.8, 4) is 11.4 Å². The molecular formula is C22H19ClN2O3. The molecule has 0 saturated heterocycles. The fraction of sp³-hybridized carbons (Fsp3) is 0.318. The Kier molecular flexibility index (Phi) is 3.85. The zero-order valence-corrected chi connectivity index (χ0v) is 16.4. The number of benzene rings is 1. The molecule has 2 aliphatic rings. The molecule has 2 aliphatic heterocycles. The average molecular weight is 395 g/mol. The van der Waals surface area contributed by atoms with Crippen LogP contribution in [0.5, 0.6) is 0 Å². The van der Waals surface area contributed by atoms with Crippen LogP contribution in [-0.4, -0.2) is 15.5 Å². The summed E-state index contributed by atoms with van der Waals surface area (Å²) in [4.78, 5) is 30.5. The van der Waals surface area contributed by atoms with Crippen molar-refractivity contribution >= 4 is 28.5 Å². The lowest BCUT2D eigenvalue weighted by molar-refractivity contribution is -0.148. The number of carbonyl (C=O) groups excluding carboxylic acids is 1. The summed E-state index contributed by atoms with van der Waals surface area (Å²) in [5.41, 5.74) is 4.40. The van der Waals surface area contributed by atoms with Gasteiger partial charge in [-0.3, -0.25) is 14.2 Å². The van der Waals surface area contributed by atoms with Gasteiger partial charge in [0.25, 0.3) is 5.56 Å². The van der Waals surface area contributed by atoms with Crippen molar-refractivity contribution < 1.29 is 9.53 Å². The second-order valence-electron chi connectivity index (χ2n) is 7.34. The molecule has 2 aromatic heterocycles. The van der Waals surface area contributed by atoms with Crippen molar-refractivity contribution in [1.29, 1.82) is 0 Å². The summed E-state index contributed by atoms with van der Waals surface area (Å²) in [6.45, 7) is 3.99. The number of ether oxygens (including phenoxy) is 1. The van der Waals surface area contributed by atoms with Gasteiger partial charge in [-0.25, -0.2) is 4.98 Å². The van der Waals surface area contributed by atoms with Gasteiger partial charge >= 0.3 is 5.97 Å². The molecule has 0 fully saturated rings. The van der Waals surface area contributed by atoms with Crippen molar-refractivity contribution in [1.82, 2.24) is 9.55 Å². The van der Waals surface area contributed by atoms with Crippen LogP contribution in [0.25, 0.3) is 22.3 Å². The standard InChI is InChI=1S/C22H19ClN2O3/c1-3-11-13-9-17-20-18(19(23)12-7-5-6-8-15(12)24-20)16(4-2)25(17)21(26)14(13)10-28-22(11)27/h5-9,11,16H,3-4,10H2,1-2H3/t11-,16+/m1/s1. The third-order valence-corrected chi connectivity index (χ3v) is 6.35. The van der Waals surface area contributed by atoms with E-state index >= 15 is 0 Å². The van der Waals surface area contributed by atoms with Crippen LogP contribution in [0.2, 0.25) is 5.02 Å². The van der Waals surface area contributed by atoms with E-state index in [0.717, 1.165) is 39.8 Å². The van der Waals surface area contributed by atoms with Crippen LogP contribution >= 0.6 is 11.6 Å². The third kappa shape index (κ3) is 2.17. The number of nitrogens with zero attached hydrogens (tertiary/aromatic N) is 2. The van der Waals surface area contributed by atoms with E-state index in [1.165, 1.54) is 0 Å². The van der Waals surface area contributed by atoms with Gasteiger partial charge in [0.15, 0.2) is 0 Å². The second-order valence-corrected chi connectivity index (χ2v) is 7.71. The molecule has 0 amide bonds. The van der Waals surface area contributed by atoms with Crippen molar-refractivity contribution in [3.63, 3.8) is 0 Å². The number of hydrogen-bond acceptors (Lipinski definition) is 4. The summed E-state index contributed by atoms with van der Waals surface area (Å²) in [5, 5.41) is 1.53. The van der Waals surface area contributed by atoms with Gasteiger partial charge in [0.2, 0.25) is 0 Å². The number of hydrogen-bond donors (Lipinski definition) is 0. The highest BCUT2D eigenvalue weighted by Crippen LogP contribution is 2.46. The maximum atomic E-state index is 13.4. The molecule has 6 heteroatoms. The van der Waals surface area contributed by atoms with Gasteiger partial charge in [-0.2, -0.15) is 0 Å². The van der Waals surface area contributed by atoms with Crippen LogP contribution in [0.15, 0.2) is 35.1 Å². The Bertz CT molecular complexity index is 1210. The highest BCUT2D eigenvalue weighted by Gasteiger charge is 2.38. The molecular weight excluding hydrogens is 376 g/mol. The number of para-hydroxylation sites is 1. The summed E-state index contributed by atoms with van der Waals surface area (Å²) in [6, 6.07) is 9.52. The van der Waals surface area contributed by atoms with Crippen molar-refractivity contribution in [3.05, 3.63) is 62.4 Å². The Morgan fingerprint density at radius 2 is 2.00 bits per heavy atom. The Balaban J connectivity index is 1.87.